The Morgan fingerprint density at radius 3 is 2.60 bits per heavy atom. The van der Waals surface area contributed by atoms with Gasteiger partial charge in [-0.2, -0.15) is 4.98 Å². The van der Waals surface area contributed by atoms with E-state index in [9.17, 15) is 4.79 Å². The van der Waals surface area contributed by atoms with Gasteiger partial charge in [0.1, 0.15) is 6.04 Å². The Labute approximate surface area is 207 Å². The van der Waals surface area contributed by atoms with Gasteiger partial charge in [0.05, 0.1) is 23.6 Å². The molecule has 2 aromatic carbocycles. The second-order valence-corrected chi connectivity index (χ2v) is 8.84. The summed E-state index contributed by atoms with van der Waals surface area (Å²) < 4.78 is 5.57. The lowest BCUT2D eigenvalue weighted by Gasteiger charge is -2.20. The number of carbonyl (C=O) groups is 1. The summed E-state index contributed by atoms with van der Waals surface area (Å²) in [6, 6.07) is 22.9. The summed E-state index contributed by atoms with van der Waals surface area (Å²) in [6.07, 6.45) is 3.94. The number of hydroxylamine groups is 1. The molecule has 5 rings (SSSR count). The SMILES string of the molecule is CONC1=CN(C(=O)c2ccc(-c3ccccc3)cc2)C(c2nc(CSc3ccccn3)no2)C1. The molecular formula is C26H23N5O3S. The topological polar surface area (TPSA) is 93.4 Å². The third-order valence-electron chi connectivity index (χ3n) is 5.51. The quantitative estimate of drug-likeness (QED) is 0.275. The number of rotatable bonds is 8. The molecule has 0 aliphatic carbocycles. The molecule has 9 heteroatoms. The lowest BCUT2D eigenvalue weighted by molar-refractivity contribution is 0.0760. The van der Waals surface area contributed by atoms with Crippen molar-refractivity contribution in [3.63, 3.8) is 0 Å². The summed E-state index contributed by atoms with van der Waals surface area (Å²) in [4.78, 5) is 29.0. The summed E-state index contributed by atoms with van der Waals surface area (Å²) in [5.41, 5.74) is 6.28. The minimum Gasteiger partial charge on any atom is -0.337 e. The molecule has 0 spiro atoms. The van der Waals surface area contributed by atoms with Crippen LogP contribution >= 0.6 is 11.8 Å². The fraction of sp³-hybridized carbons (Fsp3) is 0.154. The predicted molar refractivity (Wildman–Crippen MR) is 132 cm³/mol. The smallest absolute Gasteiger partial charge is 0.258 e. The van der Waals surface area contributed by atoms with Crippen LogP contribution < -0.4 is 5.48 Å². The fourth-order valence-corrected chi connectivity index (χ4v) is 4.54. The van der Waals surface area contributed by atoms with Gasteiger partial charge >= 0.3 is 0 Å². The van der Waals surface area contributed by atoms with Crippen LogP contribution in [0.4, 0.5) is 0 Å². The van der Waals surface area contributed by atoms with Gasteiger partial charge in [-0.05, 0) is 35.4 Å². The van der Waals surface area contributed by atoms with Gasteiger partial charge in [-0.3, -0.25) is 15.1 Å². The van der Waals surface area contributed by atoms with Crippen LogP contribution in [0.2, 0.25) is 0 Å². The highest BCUT2D eigenvalue weighted by molar-refractivity contribution is 7.98. The van der Waals surface area contributed by atoms with Crippen molar-refractivity contribution in [3.8, 4) is 11.1 Å². The average Bonchev–Trinajstić information content (AvgIpc) is 3.56. The van der Waals surface area contributed by atoms with E-state index in [2.05, 4.69) is 20.6 Å². The molecule has 1 aliphatic heterocycles. The predicted octanol–water partition coefficient (Wildman–Crippen LogP) is 5.00. The van der Waals surface area contributed by atoms with Gasteiger partial charge in [-0.1, -0.05) is 65.4 Å². The highest BCUT2D eigenvalue weighted by Gasteiger charge is 2.35. The van der Waals surface area contributed by atoms with E-state index < -0.39 is 6.04 Å². The Kier molecular flexibility index (Phi) is 6.87. The molecule has 1 amide bonds. The first-order valence-corrected chi connectivity index (χ1v) is 12.0. The molecule has 1 unspecified atom stereocenters. The summed E-state index contributed by atoms with van der Waals surface area (Å²) >= 11 is 1.52. The molecule has 0 saturated heterocycles. The van der Waals surface area contributed by atoms with E-state index in [0.717, 1.165) is 21.8 Å². The maximum Gasteiger partial charge on any atom is 0.258 e. The van der Waals surface area contributed by atoms with Crippen molar-refractivity contribution in [1.29, 1.82) is 0 Å². The molecule has 1 N–H and O–H groups in total. The first kappa shape index (κ1) is 22.8. The van der Waals surface area contributed by atoms with Crippen molar-refractivity contribution >= 4 is 17.7 Å². The Morgan fingerprint density at radius 2 is 1.86 bits per heavy atom. The zero-order valence-corrected chi connectivity index (χ0v) is 19.8. The van der Waals surface area contributed by atoms with E-state index >= 15 is 0 Å². The number of nitrogens with one attached hydrogen (secondary N) is 1. The molecule has 8 nitrogen and oxygen atoms in total. The van der Waals surface area contributed by atoms with Crippen LogP contribution in [0.3, 0.4) is 0 Å². The number of benzene rings is 2. The molecule has 35 heavy (non-hydrogen) atoms. The minimum absolute atomic E-state index is 0.162. The highest BCUT2D eigenvalue weighted by Crippen LogP contribution is 2.34. The van der Waals surface area contributed by atoms with E-state index in [4.69, 9.17) is 9.36 Å². The third-order valence-corrected chi connectivity index (χ3v) is 6.45. The summed E-state index contributed by atoms with van der Waals surface area (Å²) in [6.45, 7) is 0. The van der Waals surface area contributed by atoms with Crippen LogP contribution in [-0.4, -0.2) is 33.0 Å². The van der Waals surface area contributed by atoms with Crippen LogP contribution in [0.5, 0.6) is 0 Å². The molecular weight excluding hydrogens is 462 g/mol. The minimum atomic E-state index is -0.435. The van der Waals surface area contributed by atoms with Gasteiger partial charge in [0.2, 0.25) is 5.89 Å². The molecule has 0 radical (unpaired) electrons. The van der Waals surface area contributed by atoms with Gasteiger partial charge in [0, 0.05) is 24.4 Å². The zero-order chi connectivity index (χ0) is 24.0. The third kappa shape index (κ3) is 5.26. The molecule has 1 aliphatic rings. The van der Waals surface area contributed by atoms with Gasteiger partial charge < -0.3 is 9.42 Å². The molecule has 2 aromatic heterocycles. The van der Waals surface area contributed by atoms with Crippen molar-refractivity contribution in [2.45, 2.75) is 23.2 Å². The largest absolute Gasteiger partial charge is 0.337 e. The van der Waals surface area contributed by atoms with Crippen molar-refractivity contribution in [1.82, 2.24) is 25.5 Å². The van der Waals surface area contributed by atoms with E-state index in [1.54, 1.807) is 17.3 Å². The molecule has 0 fully saturated rings. The van der Waals surface area contributed by atoms with Crippen LogP contribution in [0.25, 0.3) is 11.1 Å². The number of pyridine rings is 1. The normalized spacial score (nSPS) is 15.2. The van der Waals surface area contributed by atoms with Crippen molar-refractivity contribution in [2.24, 2.45) is 0 Å². The lowest BCUT2D eigenvalue weighted by Crippen LogP contribution is -2.27. The Hall–Kier alpha value is -3.95. The van der Waals surface area contributed by atoms with E-state index in [1.807, 2.05) is 72.8 Å². The average molecular weight is 486 g/mol. The molecule has 4 aromatic rings. The Morgan fingerprint density at radius 1 is 1.09 bits per heavy atom. The van der Waals surface area contributed by atoms with Crippen molar-refractivity contribution in [3.05, 3.63) is 108 Å². The van der Waals surface area contributed by atoms with Crippen LogP contribution in [0, 0.1) is 0 Å². The highest BCUT2D eigenvalue weighted by atomic mass is 32.2. The molecule has 176 valence electrons. The molecule has 0 bridgehead atoms. The zero-order valence-electron chi connectivity index (χ0n) is 19.0. The number of aromatic nitrogens is 3. The van der Waals surface area contributed by atoms with E-state index in [0.29, 0.717) is 29.5 Å². The van der Waals surface area contributed by atoms with E-state index in [-0.39, 0.29) is 5.91 Å². The molecule has 3 heterocycles. The van der Waals surface area contributed by atoms with Gasteiger partial charge in [-0.15, -0.1) is 0 Å². The number of nitrogens with zero attached hydrogens (tertiary/aromatic N) is 4. The second kappa shape index (κ2) is 10.5. The summed E-state index contributed by atoms with van der Waals surface area (Å²) in [7, 11) is 1.53. The Balaban J connectivity index is 1.33. The molecule has 1 atom stereocenters. The summed E-state index contributed by atoms with van der Waals surface area (Å²) in [5.74, 6) is 1.27. The number of hydrogen-bond acceptors (Lipinski definition) is 8. The maximum atomic E-state index is 13.5. The first-order valence-electron chi connectivity index (χ1n) is 11.1. The maximum absolute atomic E-state index is 13.5. The second-order valence-electron chi connectivity index (χ2n) is 7.84. The number of thioether (sulfide) groups is 1. The van der Waals surface area contributed by atoms with Gasteiger partial charge in [-0.25, -0.2) is 4.98 Å². The van der Waals surface area contributed by atoms with Gasteiger partial charge in [0.15, 0.2) is 5.82 Å². The molecule has 0 saturated carbocycles. The lowest BCUT2D eigenvalue weighted by atomic mass is 10.0. The fourth-order valence-electron chi connectivity index (χ4n) is 3.84. The number of hydrogen-bond donors (Lipinski definition) is 1. The summed E-state index contributed by atoms with van der Waals surface area (Å²) in [5, 5.41) is 4.99. The van der Waals surface area contributed by atoms with Gasteiger partial charge in [0.25, 0.3) is 5.91 Å². The van der Waals surface area contributed by atoms with Crippen molar-refractivity contribution < 1.29 is 14.2 Å². The standard InChI is InChI=1S/C26H23N5O3S/c1-33-29-21-15-22(25-28-23(30-34-25)17-35-24-9-5-6-14-27-24)31(16-21)26(32)20-12-10-19(11-13-20)18-7-3-2-4-8-18/h2-14,16,22,29H,15,17H2,1H3. The first-order chi connectivity index (χ1) is 17.2. The number of amides is 1. The monoisotopic (exact) mass is 485 g/mol. The van der Waals surface area contributed by atoms with Crippen LogP contribution in [0.1, 0.15) is 34.5 Å². The van der Waals surface area contributed by atoms with Crippen LogP contribution in [0.15, 0.2) is 100 Å². The van der Waals surface area contributed by atoms with Crippen molar-refractivity contribution in [2.75, 3.05) is 7.11 Å². The number of carbonyl (C=O) groups excluding carboxylic acids is 1. The van der Waals surface area contributed by atoms with Crippen LogP contribution in [-0.2, 0) is 10.6 Å². The van der Waals surface area contributed by atoms with E-state index in [1.165, 1.54) is 18.9 Å². The Bertz CT molecular complexity index is 1310.